The van der Waals surface area contributed by atoms with E-state index in [9.17, 15) is 14.4 Å². The molecule has 0 aliphatic rings. The number of carbonyl (C=O) groups is 3. The number of para-hydroxylation sites is 1. The second-order valence-corrected chi connectivity index (χ2v) is 9.66. The van der Waals surface area contributed by atoms with Crippen molar-refractivity contribution in [1.29, 1.82) is 5.41 Å². The maximum atomic E-state index is 13.4. The Bertz CT molecular complexity index is 1190. The van der Waals surface area contributed by atoms with Crippen LogP contribution in [-0.4, -0.2) is 46.6 Å². The van der Waals surface area contributed by atoms with Crippen molar-refractivity contribution in [2.24, 2.45) is 16.8 Å². The number of aromatic nitrogens is 1. The number of benzene rings is 1. The van der Waals surface area contributed by atoms with Crippen LogP contribution in [0, 0.1) is 17.2 Å². The van der Waals surface area contributed by atoms with Crippen LogP contribution in [0.4, 0.5) is 0 Å². The van der Waals surface area contributed by atoms with Gasteiger partial charge in [-0.25, -0.2) is 0 Å². The second kappa shape index (κ2) is 14.1. The van der Waals surface area contributed by atoms with E-state index in [1.54, 1.807) is 26.1 Å². The highest BCUT2D eigenvalue weighted by Crippen LogP contribution is 2.22. The minimum Gasteiger partial charge on any atom is -0.361 e. The van der Waals surface area contributed by atoms with Gasteiger partial charge in [0.2, 0.25) is 11.8 Å². The van der Waals surface area contributed by atoms with Gasteiger partial charge < -0.3 is 21.0 Å². The number of aromatic amines is 1. The Kier molecular flexibility index (Phi) is 11.2. The lowest BCUT2D eigenvalue weighted by molar-refractivity contribution is -0.132. The van der Waals surface area contributed by atoms with Crippen molar-refractivity contribution >= 4 is 40.4 Å². The molecule has 8 heteroatoms. The summed E-state index contributed by atoms with van der Waals surface area (Å²) in [4.78, 5) is 46.2. The molecule has 1 aromatic carbocycles. The molecule has 1 unspecified atom stereocenters. The van der Waals surface area contributed by atoms with Crippen LogP contribution in [0.3, 0.4) is 0 Å². The van der Waals surface area contributed by atoms with E-state index in [0.29, 0.717) is 18.4 Å². The first-order valence-corrected chi connectivity index (χ1v) is 12.6. The SMILES string of the molecule is C=C[C@@H](Cc1c[nH]c2ccccc12)C(=O)NC(C/C(=C/N=CC)C(C)=N)C(=O)N[C@@H](CC(C)C)C(C)=O. The van der Waals surface area contributed by atoms with Crippen LogP contribution in [0.25, 0.3) is 10.9 Å². The number of aliphatic imine (C=N–C) groups is 1. The maximum Gasteiger partial charge on any atom is 0.243 e. The molecule has 0 aliphatic carbocycles. The molecule has 0 fully saturated rings. The molecule has 198 valence electrons. The molecule has 2 aromatic rings. The second-order valence-electron chi connectivity index (χ2n) is 9.66. The van der Waals surface area contributed by atoms with Crippen molar-refractivity contribution in [3.63, 3.8) is 0 Å². The molecule has 0 bridgehead atoms. The minimum absolute atomic E-state index is 0.0630. The summed E-state index contributed by atoms with van der Waals surface area (Å²) in [6, 6.07) is 6.19. The third-order valence-electron chi connectivity index (χ3n) is 6.17. The molecule has 1 aromatic heterocycles. The fourth-order valence-electron chi connectivity index (χ4n) is 4.07. The van der Waals surface area contributed by atoms with Gasteiger partial charge in [-0.2, -0.15) is 0 Å². The Hall–Kier alpha value is -3.81. The Balaban J connectivity index is 2.30. The van der Waals surface area contributed by atoms with E-state index in [1.807, 2.05) is 44.3 Å². The average molecular weight is 506 g/mol. The highest BCUT2D eigenvalue weighted by Gasteiger charge is 2.29. The van der Waals surface area contributed by atoms with Crippen LogP contribution in [0.5, 0.6) is 0 Å². The van der Waals surface area contributed by atoms with E-state index in [0.717, 1.165) is 16.5 Å². The van der Waals surface area contributed by atoms with E-state index < -0.39 is 23.9 Å². The quantitative estimate of drug-likeness (QED) is 0.223. The van der Waals surface area contributed by atoms with Crippen LogP contribution >= 0.6 is 0 Å². The number of hydrogen-bond acceptors (Lipinski definition) is 5. The van der Waals surface area contributed by atoms with E-state index >= 15 is 0 Å². The monoisotopic (exact) mass is 505 g/mol. The van der Waals surface area contributed by atoms with Gasteiger partial charge in [0.1, 0.15) is 6.04 Å². The fraction of sp³-hybridized carbons (Fsp3) is 0.414. The topological polar surface area (TPSA) is 127 Å². The average Bonchev–Trinajstić information content (AvgIpc) is 3.25. The summed E-state index contributed by atoms with van der Waals surface area (Å²) in [5, 5.41) is 14.8. The first-order valence-electron chi connectivity index (χ1n) is 12.6. The highest BCUT2D eigenvalue weighted by atomic mass is 16.2. The molecule has 2 amide bonds. The Morgan fingerprint density at radius 2 is 1.78 bits per heavy atom. The molecule has 0 aliphatic heterocycles. The normalized spacial score (nSPS) is 14.4. The molecule has 37 heavy (non-hydrogen) atoms. The number of carbonyl (C=O) groups excluding carboxylic acids is 3. The predicted molar refractivity (Wildman–Crippen MR) is 150 cm³/mol. The molecular formula is C29H39N5O3. The number of nitrogens with zero attached hydrogens (tertiary/aromatic N) is 1. The first kappa shape index (κ1) is 29.4. The summed E-state index contributed by atoms with van der Waals surface area (Å²) in [7, 11) is 0. The third kappa shape index (κ3) is 8.66. The van der Waals surface area contributed by atoms with Gasteiger partial charge >= 0.3 is 0 Å². The molecule has 8 nitrogen and oxygen atoms in total. The van der Waals surface area contributed by atoms with Crippen LogP contribution in [0.15, 0.2) is 59.9 Å². The number of nitrogens with one attached hydrogen (secondary N) is 4. The van der Waals surface area contributed by atoms with Crippen molar-refractivity contribution in [1.82, 2.24) is 15.6 Å². The van der Waals surface area contributed by atoms with E-state index in [2.05, 4.69) is 27.2 Å². The number of rotatable bonds is 14. The molecule has 0 radical (unpaired) electrons. The van der Waals surface area contributed by atoms with Crippen molar-refractivity contribution in [2.75, 3.05) is 0 Å². The molecule has 0 saturated heterocycles. The summed E-state index contributed by atoms with van der Waals surface area (Å²) in [5.41, 5.74) is 2.69. The number of Topliss-reactive ketones (excluding diaryl/α,β-unsaturated/α-hetero) is 1. The summed E-state index contributed by atoms with van der Waals surface area (Å²) in [6.45, 7) is 12.6. The predicted octanol–water partition coefficient (Wildman–Crippen LogP) is 4.52. The highest BCUT2D eigenvalue weighted by molar-refractivity contribution is 5.98. The lowest BCUT2D eigenvalue weighted by atomic mass is 9.96. The van der Waals surface area contributed by atoms with Crippen LogP contribution < -0.4 is 10.6 Å². The molecule has 4 N–H and O–H groups in total. The molecular weight excluding hydrogens is 466 g/mol. The van der Waals surface area contributed by atoms with Crippen LogP contribution in [0.2, 0.25) is 0 Å². The number of H-pyrrole nitrogens is 1. The van der Waals surface area contributed by atoms with E-state index in [1.165, 1.54) is 13.1 Å². The molecule has 0 spiro atoms. The van der Waals surface area contributed by atoms with Crippen LogP contribution in [-0.2, 0) is 20.8 Å². The lowest BCUT2D eigenvalue weighted by Crippen LogP contribution is -2.52. The minimum atomic E-state index is -0.995. The third-order valence-corrected chi connectivity index (χ3v) is 6.17. The number of fused-ring (bicyclic) bond motifs is 1. The Morgan fingerprint density at radius 3 is 2.38 bits per heavy atom. The van der Waals surface area contributed by atoms with Crippen molar-refractivity contribution in [3.8, 4) is 0 Å². The van der Waals surface area contributed by atoms with Gasteiger partial charge in [0.15, 0.2) is 5.78 Å². The summed E-state index contributed by atoms with van der Waals surface area (Å²) < 4.78 is 0. The number of ketones is 1. The van der Waals surface area contributed by atoms with E-state index in [-0.39, 0.29) is 29.7 Å². The van der Waals surface area contributed by atoms with Crippen molar-refractivity contribution in [3.05, 3.63) is 60.5 Å². The maximum absolute atomic E-state index is 13.4. The van der Waals surface area contributed by atoms with Crippen molar-refractivity contribution in [2.45, 2.75) is 66.0 Å². The molecule has 2 rings (SSSR count). The summed E-state index contributed by atoms with van der Waals surface area (Å²) >= 11 is 0. The summed E-state index contributed by atoms with van der Waals surface area (Å²) in [5.74, 6) is -1.37. The van der Waals surface area contributed by atoms with Crippen LogP contribution in [0.1, 0.15) is 53.0 Å². The van der Waals surface area contributed by atoms with Gasteiger partial charge in [-0.15, -0.1) is 6.58 Å². The van der Waals surface area contributed by atoms with Gasteiger partial charge in [-0.1, -0.05) is 38.1 Å². The van der Waals surface area contributed by atoms with Gasteiger partial charge in [-0.05, 0) is 56.7 Å². The Morgan fingerprint density at radius 1 is 1.11 bits per heavy atom. The zero-order chi connectivity index (χ0) is 27.5. The number of hydrogen-bond donors (Lipinski definition) is 4. The molecule has 1 heterocycles. The van der Waals surface area contributed by atoms with E-state index in [4.69, 9.17) is 5.41 Å². The molecule has 3 atom stereocenters. The van der Waals surface area contributed by atoms with Gasteiger partial charge in [0, 0.05) is 41.6 Å². The smallest absolute Gasteiger partial charge is 0.243 e. The van der Waals surface area contributed by atoms with Crippen molar-refractivity contribution < 1.29 is 14.4 Å². The van der Waals surface area contributed by atoms with Gasteiger partial charge in [0.25, 0.3) is 0 Å². The standard InChI is InChI=1S/C29H39N5O3/c1-7-21(14-23-17-32-25-12-10-9-11-24(23)25)28(36)34-27(15-22(19(5)30)16-31-8-2)29(37)33-26(20(6)35)13-18(3)4/h7-12,16-18,21,26-27,30,32H,1,13-15H2,2-6H3,(H,33,37)(H,34,36)/b22-16-,30-19?,31-8?/t21-,26-,27?/m0/s1. The van der Waals surface area contributed by atoms with Gasteiger partial charge in [-0.3, -0.25) is 19.4 Å². The lowest BCUT2D eigenvalue weighted by Gasteiger charge is -2.25. The summed E-state index contributed by atoms with van der Waals surface area (Å²) in [6.07, 6.45) is 7.51. The fourth-order valence-corrected chi connectivity index (χ4v) is 4.07. The Labute approximate surface area is 219 Å². The largest absolute Gasteiger partial charge is 0.361 e. The van der Waals surface area contributed by atoms with Gasteiger partial charge in [0.05, 0.1) is 12.0 Å². The first-order chi connectivity index (χ1) is 17.6. The zero-order valence-corrected chi connectivity index (χ0v) is 22.4. The number of amides is 2. The zero-order valence-electron chi connectivity index (χ0n) is 22.4. The molecule has 0 saturated carbocycles.